The van der Waals surface area contributed by atoms with Crippen molar-refractivity contribution in [2.75, 3.05) is 25.0 Å². The Morgan fingerprint density at radius 2 is 2.00 bits per heavy atom. The number of aryl methyl sites for hydroxylation is 1. The van der Waals surface area contributed by atoms with E-state index in [2.05, 4.69) is 42.8 Å². The predicted octanol–water partition coefficient (Wildman–Crippen LogP) is 1.54. The topological polar surface area (TPSA) is 106 Å². The highest BCUT2D eigenvalue weighted by Crippen LogP contribution is 2.16. The quantitative estimate of drug-likeness (QED) is 0.211. The molecule has 1 aromatic carbocycles. The molecule has 0 unspecified atom stereocenters. The van der Waals surface area contributed by atoms with Gasteiger partial charge in [-0.3, -0.25) is 9.67 Å². The van der Waals surface area contributed by atoms with E-state index >= 15 is 0 Å². The molecular weight excluding hydrogens is 443 g/mol. The number of hydrogen-bond acceptors (Lipinski definition) is 5. The van der Waals surface area contributed by atoms with E-state index in [-0.39, 0.29) is 24.0 Å². The van der Waals surface area contributed by atoms with Crippen molar-refractivity contribution in [1.29, 1.82) is 0 Å². The number of benzene rings is 1. The Morgan fingerprint density at radius 1 is 1.19 bits per heavy atom. The predicted molar refractivity (Wildman–Crippen MR) is 115 cm³/mol. The lowest BCUT2D eigenvalue weighted by Crippen LogP contribution is -2.35. The smallest absolute Gasteiger partial charge is 0.188 e. The van der Waals surface area contributed by atoms with Crippen molar-refractivity contribution in [1.82, 2.24) is 25.1 Å². The fourth-order valence-corrected chi connectivity index (χ4v) is 2.48. The van der Waals surface area contributed by atoms with Crippen LogP contribution in [0.1, 0.15) is 5.56 Å². The summed E-state index contributed by atoms with van der Waals surface area (Å²) in [7, 11) is 1.85. The van der Waals surface area contributed by atoms with Crippen LogP contribution in [0.4, 0.5) is 5.82 Å². The molecule has 26 heavy (non-hydrogen) atoms. The Bertz CT molecular complexity index is 846. The van der Waals surface area contributed by atoms with Crippen LogP contribution >= 0.6 is 24.0 Å². The third-order valence-corrected chi connectivity index (χ3v) is 3.78. The molecule has 0 radical (unpaired) electrons. The van der Waals surface area contributed by atoms with Crippen LogP contribution < -0.4 is 16.4 Å². The van der Waals surface area contributed by atoms with Gasteiger partial charge in [-0.25, -0.2) is 9.97 Å². The van der Waals surface area contributed by atoms with Gasteiger partial charge in [0.2, 0.25) is 0 Å². The van der Waals surface area contributed by atoms with E-state index in [0.29, 0.717) is 25.6 Å². The number of hydrogen-bond donors (Lipinski definition) is 3. The van der Waals surface area contributed by atoms with Gasteiger partial charge < -0.3 is 16.4 Å². The molecule has 2 aromatic heterocycles. The van der Waals surface area contributed by atoms with Gasteiger partial charge in [0.15, 0.2) is 11.6 Å². The van der Waals surface area contributed by atoms with Gasteiger partial charge in [0.05, 0.1) is 11.6 Å². The van der Waals surface area contributed by atoms with Crippen LogP contribution in [0.5, 0.6) is 0 Å². The minimum Gasteiger partial charge on any atom is -0.370 e. The second-order valence-electron chi connectivity index (χ2n) is 5.58. The van der Waals surface area contributed by atoms with Gasteiger partial charge in [0.1, 0.15) is 12.1 Å². The summed E-state index contributed by atoms with van der Waals surface area (Å²) in [5.74, 6) is 1.21. The molecule has 4 N–H and O–H groups in total. The summed E-state index contributed by atoms with van der Waals surface area (Å²) in [5, 5.41) is 11.4. The lowest BCUT2D eigenvalue weighted by Gasteiger charge is -2.08. The Hall–Kier alpha value is -2.43. The number of nitrogens with two attached hydrogens (primary N) is 1. The van der Waals surface area contributed by atoms with E-state index in [1.165, 1.54) is 11.9 Å². The summed E-state index contributed by atoms with van der Waals surface area (Å²) in [6.07, 6.45) is 4.16. The van der Waals surface area contributed by atoms with Crippen LogP contribution in [0.15, 0.2) is 47.8 Å². The molecule has 0 saturated carbocycles. The van der Waals surface area contributed by atoms with Crippen LogP contribution in [0.25, 0.3) is 11.0 Å². The normalized spacial score (nSPS) is 11.2. The van der Waals surface area contributed by atoms with Crippen molar-refractivity contribution >= 4 is 46.8 Å². The number of anilines is 1. The van der Waals surface area contributed by atoms with E-state index < -0.39 is 0 Å². The Kier molecular flexibility index (Phi) is 7.57. The summed E-state index contributed by atoms with van der Waals surface area (Å²) in [4.78, 5) is 12.8. The van der Waals surface area contributed by atoms with Crippen LogP contribution in [-0.2, 0) is 13.5 Å². The zero-order chi connectivity index (χ0) is 17.5. The number of halogens is 1. The Morgan fingerprint density at radius 3 is 2.81 bits per heavy atom. The van der Waals surface area contributed by atoms with Crippen molar-refractivity contribution < 1.29 is 0 Å². The van der Waals surface area contributed by atoms with Crippen molar-refractivity contribution in [2.45, 2.75) is 6.42 Å². The largest absolute Gasteiger partial charge is 0.370 e. The average Bonchev–Trinajstić information content (AvgIpc) is 3.02. The number of nitrogens with zero attached hydrogens (tertiary/aromatic N) is 5. The number of rotatable bonds is 7. The van der Waals surface area contributed by atoms with Gasteiger partial charge >= 0.3 is 0 Å². The summed E-state index contributed by atoms with van der Waals surface area (Å²) < 4.78 is 1.72. The number of aromatic nitrogens is 4. The van der Waals surface area contributed by atoms with Crippen LogP contribution in [0, 0.1) is 0 Å². The Balaban J connectivity index is 0.00000243. The zero-order valence-corrected chi connectivity index (χ0v) is 16.9. The zero-order valence-electron chi connectivity index (χ0n) is 14.6. The standard InChI is InChI=1S/C17H22N8.HI/c1-25-16-14(11-24-25)15(22-12-23-16)19-9-10-21-17(18)20-8-7-13-5-3-2-4-6-13;/h2-6,11-12H,7-10H2,1H3,(H3,18,20,21)(H,19,22,23);1H. The first kappa shape index (κ1) is 19.9. The van der Waals surface area contributed by atoms with Crippen molar-refractivity contribution in [3.05, 3.63) is 48.4 Å². The minimum atomic E-state index is 0. The minimum absolute atomic E-state index is 0. The number of aliphatic imine (C=N–C) groups is 1. The summed E-state index contributed by atoms with van der Waals surface area (Å²) in [6.45, 7) is 1.97. The third-order valence-electron chi connectivity index (χ3n) is 3.78. The molecular formula is C17H23IN8. The van der Waals surface area contributed by atoms with Crippen LogP contribution in [0.3, 0.4) is 0 Å². The first-order valence-corrected chi connectivity index (χ1v) is 8.18. The highest BCUT2D eigenvalue weighted by Gasteiger charge is 2.06. The first-order chi connectivity index (χ1) is 12.2. The molecule has 0 atom stereocenters. The molecule has 0 spiro atoms. The van der Waals surface area contributed by atoms with Gasteiger partial charge in [0, 0.05) is 26.7 Å². The van der Waals surface area contributed by atoms with Crippen molar-refractivity contribution in [2.24, 2.45) is 17.8 Å². The van der Waals surface area contributed by atoms with E-state index in [0.717, 1.165) is 23.3 Å². The summed E-state index contributed by atoms with van der Waals surface area (Å²) in [6, 6.07) is 10.2. The van der Waals surface area contributed by atoms with Gasteiger partial charge in [0.25, 0.3) is 0 Å². The molecule has 0 fully saturated rings. The highest BCUT2D eigenvalue weighted by molar-refractivity contribution is 14.0. The maximum Gasteiger partial charge on any atom is 0.188 e. The molecule has 3 rings (SSSR count). The monoisotopic (exact) mass is 466 g/mol. The molecule has 2 heterocycles. The van der Waals surface area contributed by atoms with Gasteiger partial charge in [-0.2, -0.15) is 5.10 Å². The van der Waals surface area contributed by atoms with E-state index in [9.17, 15) is 0 Å². The lowest BCUT2D eigenvalue weighted by atomic mass is 10.2. The first-order valence-electron chi connectivity index (χ1n) is 8.18. The third kappa shape index (κ3) is 5.28. The van der Waals surface area contributed by atoms with Crippen molar-refractivity contribution in [3.63, 3.8) is 0 Å². The number of fused-ring (bicyclic) bond motifs is 1. The lowest BCUT2D eigenvalue weighted by molar-refractivity contribution is 0.785. The molecule has 8 nitrogen and oxygen atoms in total. The molecule has 0 aliphatic heterocycles. The van der Waals surface area contributed by atoms with E-state index in [4.69, 9.17) is 5.73 Å². The van der Waals surface area contributed by atoms with Crippen molar-refractivity contribution in [3.8, 4) is 0 Å². The molecule has 0 bridgehead atoms. The van der Waals surface area contributed by atoms with Gasteiger partial charge in [-0.15, -0.1) is 24.0 Å². The molecule has 0 aliphatic rings. The maximum absolute atomic E-state index is 5.88. The number of guanidine groups is 1. The number of nitrogens with one attached hydrogen (secondary N) is 2. The van der Waals surface area contributed by atoms with Crippen LogP contribution in [-0.4, -0.2) is 45.3 Å². The van der Waals surface area contributed by atoms with Crippen LogP contribution in [0.2, 0.25) is 0 Å². The molecule has 0 aliphatic carbocycles. The molecule has 9 heteroatoms. The Labute approximate surface area is 169 Å². The summed E-state index contributed by atoms with van der Waals surface area (Å²) in [5.41, 5.74) is 7.94. The molecule has 0 saturated heterocycles. The molecule has 3 aromatic rings. The maximum atomic E-state index is 5.88. The second-order valence-corrected chi connectivity index (χ2v) is 5.58. The fourth-order valence-electron chi connectivity index (χ4n) is 2.48. The average molecular weight is 466 g/mol. The van der Waals surface area contributed by atoms with Gasteiger partial charge in [-0.1, -0.05) is 30.3 Å². The van der Waals surface area contributed by atoms with E-state index in [1.807, 2.05) is 25.2 Å². The van der Waals surface area contributed by atoms with Gasteiger partial charge in [-0.05, 0) is 12.0 Å². The SMILES string of the molecule is Cn1ncc2c(NCCNC(N)=NCCc3ccccc3)ncnc21.I. The van der Waals surface area contributed by atoms with E-state index in [1.54, 1.807) is 10.9 Å². The molecule has 0 amide bonds. The molecule has 138 valence electrons. The summed E-state index contributed by atoms with van der Waals surface area (Å²) >= 11 is 0. The highest BCUT2D eigenvalue weighted by atomic mass is 127. The second kappa shape index (κ2) is 9.90. The fraction of sp³-hybridized carbons (Fsp3) is 0.294.